The predicted octanol–water partition coefficient (Wildman–Crippen LogP) is 6.10. The van der Waals surface area contributed by atoms with Gasteiger partial charge in [0, 0.05) is 10.4 Å². The quantitative estimate of drug-likeness (QED) is 0.466. The van der Waals surface area contributed by atoms with Crippen LogP contribution in [0.2, 0.25) is 0 Å². The highest BCUT2D eigenvalue weighted by molar-refractivity contribution is 7.16. The van der Waals surface area contributed by atoms with Crippen LogP contribution in [0, 0.1) is 25.2 Å². The second-order valence-corrected chi connectivity index (χ2v) is 8.39. The molecule has 0 amide bonds. The molecule has 4 rings (SSSR count). The van der Waals surface area contributed by atoms with Crippen molar-refractivity contribution in [3.8, 4) is 23.6 Å². The topological polar surface area (TPSA) is 16.1 Å². The van der Waals surface area contributed by atoms with Crippen LogP contribution in [0.15, 0.2) is 60.7 Å². The first-order chi connectivity index (χ1) is 13.3. The molecule has 1 aromatic heterocycles. The number of hydrogen-bond donors (Lipinski definition) is 0. The molecular formula is C24H24N2S. The highest BCUT2D eigenvalue weighted by atomic mass is 32.1. The Morgan fingerprint density at radius 3 is 2.41 bits per heavy atom. The van der Waals surface area contributed by atoms with Crippen LogP contribution in [0.25, 0.3) is 11.3 Å². The highest BCUT2D eigenvalue weighted by Gasteiger charge is 2.31. The zero-order valence-electron chi connectivity index (χ0n) is 15.6. The fourth-order valence-electron chi connectivity index (χ4n) is 3.57. The van der Waals surface area contributed by atoms with E-state index in [1.165, 1.54) is 23.3 Å². The van der Waals surface area contributed by atoms with Crippen LogP contribution in [0.5, 0.6) is 0 Å². The van der Waals surface area contributed by atoms with Gasteiger partial charge in [-0.15, -0.1) is 17.8 Å². The lowest BCUT2D eigenvalue weighted by Crippen LogP contribution is -2.29. The summed E-state index contributed by atoms with van der Waals surface area (Å²) in [5.74, 6) is 3.68. The Labute approximate surface area is 165 Å². The van der Waals surface area contributed by atoms with Crippen molar-refractivity contribution in [2.45, 2.75) is 32.2 Å². The van der Waals surface area contributed by atoms with Gasteiger partial charge in [-0.1, -0.05) is 79.4 Å². The molecule has 0 bridgehead atoms. The largest absolute Gasteiger partial charge is 0.330 e. The Balaban J connectivity index is 1.72. The Morgan fingerprint density at radius 1 is 1.11 bits per heavy atom. The molecule has 0 aliphatic heterocycles. The number of benzene rings is 2. The molecule has 2 aromatic carbocycles. The molecule has 1 atom stereocenters. The van der Waals surface area contributed by atoms with E-state index in [0.29, 0.717) is 6.54 Å². The molecule has 0 radical (unpaired) electrons. The molecule has 0 N–H and O–H groups in total. The maximum absolute atomic E-state index is 5.77. The standard InChI is InChI=1S/C24H24N2S/c1-3-16-26(22(17-19-14-15-19)20-10-6-4-7-11-20)24-25-23(18(2)27-24)21-12-8-5-9-13-21/h1,4-13,19,22H,14-17H2,2H3/t22-/m0/s1. The van der Waals surface area contributed by atoms with Crippen LogP contribution in [-0.2, 0) is 0 Å². The second kappa shape index (κ2) is 7.98. The summed E-state index contributed by atoms with van der Waals surface area (Å²) in [6.45, 7) is 2.73. The summed E-state index contributed by atoms with van der Waals surface area (Å²) in [6, 6.07) is 21.4. The third kappa shape index (κ3) is 4.07. The molecule has 27 heavy (non-hydrogen) atoms. The van der Waals surface area contributed by atoms with Crippen molar-refractivity contribution in [2.75, 3.05) is 11.4 Å². The number of hydrogen-bond acceptors (Lipinski definition) is 3. The molecule has 2 nitrogen and oxygen atoms in total. The minimum atomic E-state index is 0.281. The van der Waals surface area contributed by atoms with Crippen molar-refractivity contribution in [1.29, 1.82) is 0 Å². The summed E-state index contributed by atoms with van der Waals surface area (Å²) < 4.78 is 0. The minimum absolute atomic E-state index is 0.281. The molecule has 3 aromatic rings. The lowest BCUT2D eigenvalue weighted by Gasteiger charge is -2.30. The molecule has 1 heterocycles. The zero-order valence-corrected chi connectivity index (χ0v) is 16.5. The Hall–Kier alpha value is -2.57. The molecule has 3 heteroatoms. The van der Waals surface area contributed by atoms with E-state index in [0.717, 1.165) is 28.7 Å². The molecular weight excluding hydrogens is 348 g/mol. The number of thiazole rings is 1. The normalized spacial score (nSPS) is 14.5. The minimum Gasteiger partial charge on any atom is -0.330 e. The lowest BCUT2D eigenvalue weighted by molar-refractivity contribution is 0.556. The molecule has 1 saturated carbocycles. The first-order valence-electron chi connectivity index (χ1n) is 9.54. The van der Waals surface area contributed by atoms with E-state index in [2.05, 4.69) is 72.3 Å². The molecule has 0 saturated heterocycles. The number of terminal acetylenes is 1. The van der Waals surface area contributed by atoms with E-state index in [4.69, 9.17) is 11.4 Å². The van der Waals surface area contributed by atoms with Crippen molar-refractivity contribution in [3.63, 3.8) is 0 Å². The van der Waals surface area contributed by atoms with E-state index in [1.54, 1.807) is 11.3 Å². The van der Waals surface area contributed by atoms with Crippen LogP contribution in [0.1, 0.15) is 35.7 Å². The summed E-state index contributed by atoms with van der Waals surface area (Å²) in [7, 11) is 0. The summed E-state index contributed by atoms with van der Waals surface area (Å²) in [4.78, 5) is 8.59. The molecule has 1 aliphatic carbocycles. The van der Waals surface area contributed by atoms with Crippen molar-refractivity contribution in [2.24, 2.45) is 5.92 Å². The van der Waals surface area contributed by atoms with Crippen molar-refractivity contribution >= 4 is 16.5 Å². The van der Waals surface area contributed by atoms with Crippen LogP contribution >= 0.6 is 11.3 Å². The predicted molar refractivity (Wildman–Crippen MR) is 115 cm³/mol. The monoisotopic (exact) mass is 372 g/mol. The van der Waals surface area contributed by atoms with E-state index < -0.39 is 0 Å². The van der Waals surface area contributed by atoms with E-state index >= 15 is 0 Å². The van der Waals surface area contributed by atoms with E-state index in [-0.39, 0.29) is 6.04 Å². The van der Waals surface area contributed by atoms with Gasteiger partial charge in [-0.05, 0) is 24.8 Å². The number of rotatable bonds is 7. The van der Waals surface area contributed by atoms with E-state index in [1.807, 2.05) is 6.07 Å². The number of aryl methyl sites for hydroxylation is 1. The van der Waals surface area contributed by atoms with Crippen LogP contribution in [-0.4, -0.2) is 11.5 Å². The maximum Gasteiger partial charge on any atom is 0.187 e. The smallest absolute Gasteiger partial charge is 0.187 e. The number of anilines is 1. The van der Waals surface area contributed by atoms with Crippen molar-refractivity contribution < 1.29 is 0 Å². The first-order valence-corrected chi connectivity index (χ1v) is 10.4. The van der Waals surface area contributed by atoms with Gasteiger partial charge >= 0.3 is 0 Å². The van der Waals surface area contributed by atoms with Crippen LogP contribution in [0.4, 0.5) is 5.13 Å². The Bertz CT molecular complexity index is 920. The second-order valence-electron chi connectivity index (χ2n) is 7.20. The lowest BCUT2D eigenvalue weighted by atomic mass is 10.00. The van der Waals surface area contributed by atoms with Crippen molar-refractivity contribution in [1.82, 2.24) is 4.98 Å². The number of nitrogens with zero attached hydrogens (tertiary/aromatic N) is 2. The molecule has 1 aliphatic rings. The molecule has 0 unspecified atom stereocenters. The molecule has 0 spiro atoms. The van der Waals surface area contributed by atoms with Gasteiger partial charge in [-0.2, -0.15) is 0 Å². The van der Waals surface area contributed by atoms with Gasteiger partial charge in [0.05, 0.1) is 18.3 Å². The average molecular weight is 373 g/mol. The first kappa shape index (κ1) is 17.8. The van der Waals surface area contributed by atoms with Crippen LogP contribution < -0.4 is 4.90 Å². The summed E-state index contributed by atoms with van der Waals surface area (Å²) in [5, 5.41) is 1.03. The van der Waals surface area contributed by atoms with Gasteiger partial charge in [0.1, 0.15) is 0 Å². The Morgan fingerprint density at radius 2 is 1.78 bits per heavy atom. The van der Waals surface area contributed by atoms with Gasteiger partial charge in [0.15, 0.2) is 5.13 Å². The maximum atomic E-state index is 5.77. The molecule has 136 valence electrons. The highest BCUT2D eigenvalue weighted by Crippen LogP contribution is 2.43. The third-order valence-corrected chi connectivity index (χ3v) is 6.16. The van der Waals surface area contributed by atoms with Gasteiger partial charge in [0.25, 0.3) is 0 Å². The third-order valence-electron chi connectivity index (χ3n) is 5.15. The van der Waals surface area contributed by atoms with Crippen LogP contribution in [0.3, 0.4) is 0 Å². The SMILES string of the molecule is C#CCN(c1nc(-c2ccccc2)c(C)s1)[C@@H](CC1CC1)c1ccccc1. The average Bonchev–Trinajstić information content (AvgIpc) is 3.45. The molecule has 1 fully saturated rings. The fraction of sp³-hybridized carbons (Fsp3) is 0.292. The number of aromatic nitrogens is 1. The fourth-order valence-corrected chi connectivity index (χ4v) is 4.55. The van der Waals surface area contributed by atoms with Gasteiger partial charge in [-0.25, -0.2) is 4.98 Å². The zero-order chi connectivity index (χ0) is 18.6. The summed E-state index contributed by atoms with van der Waals surface area (Å²) >= 11 is 1.75. The van der Waals surface area contributed by atoms with Gasteiger partial charge in [0.2, 0.25) is 0 Å². The Kier molecular flexibility index (Phi) is 5.27. The van der Waals surface area contributed by atoms with Crippen molar-refractivity contribution in [3.05, 3.63) is 71.1 Å². The van der Waals surface area contributed by atoms with E-state index in [9.17, 15) is 0 Å². The van der Waals surface area contributed by atoms with Gasteiger partial charge in [-0.3, -0.25) is 0 Å². The van der Waals surface area contributed by atoms with Gasteiger partial charge < -0.3 is 4.90 Å². The summed E-state index contributed by atoms with van der Waals surface area (Å²) in [6.07, 6.45) is 9.58. The summed E-state index contributed by atoms with van der Waals surface area (Å²) in [5.41, 5.74) is 3.56.